The number of hydrogen-bond acceptors (Lipinski definition) is 3. The number of carboxylic acid groups (broad SMARTS) is 2. The molecule has 0 aromatic heterocycles. The summed E-state index contributed by atoms with van der Waals surface area (Å²) in [7, 11) is 0. The first kappa shape index (κ1) is 25.0. The van der Waals surface area contributed by atoms with Gasteiger partial charge in [0.05, 0.1) is 6.42 Å². The van der Waals surface area contributed by atoms with Gasteiger partial charge in [0.25, 0.3) is 0 Å². The molecule has 0 fully saturated rings. The fourth-order valence-corrected chi connectivity index (χ4v) is 4.72. The lowest BCUT2D eigenvalue weighted by molar-refractivity contribution is -0.137. The Morgan fingerprint density at radius 2 is 1.32 bits per heavy atom. The topological polar surface area (TPSA) is 74.6 Å². The Balaban J connectivity index is 1.68. The molecule has 31 heavy (non-hydrogen) atoms. The Kier molecular flexibility index (Phi) is 11.8. The van der Waals surface area contributed by atoms with E-state index in [-0.39, 0.29) is 6.42 Å². The minimum absolute atomic E-state index is 0.0125. The van der Waals surface area contributed by atoms with Crippen molar-refractivity contribution in [2.45, 2.75) is 69.5 Å². The summed E-state index contributed by atoms with van der Waals surface area (Å²) in [6.45, 7) is 0. The van der Waals surface area contributed by atoms with Crippen molar-refractivity contribution in [1.82, 2.24) is 0 Å². The molecule has 1 unspecified atom stereocenters. The monoisotopic (exact) mass is 442 g/mol. The minimum atomic E-state index is -0.892. The van der Waals surface area contributed by atoms with Crippen LogP contribution in [0.2, 0.25) is 0 Å². The number of benzene rings is 2. The SMILES string of the molecule is O=C(O)CCSC(Cc1ccccc1CCCCCCCCc1ccccc1)C(=O)O. The third kappa shape index (κ3) is 10.5. The van der Waals surface area contributed by atoms with Crippen LogP contribution in [0, 0.1) is 0 Å². The van der Waals surface area contributed by atoms with Crippen molar-refractivity contribution in [2.24, 2.45) is 0 Å². The van der Waals surface area contributed by atoms with Crippen molar-refractivity contribution in [3.63, 3.8) is 0 Å². The summed E-state index contributed by atoms with van der Waals surface area (Å²) in [4.78, 5) is 22.3. The number of unbranched alkanes of at least 4 members (excludes halogenated alkanes) is 5. The molecule has 1 atom stereocenters. The van der Waals surface area contributed by atoms with Gasteiger partial charge in [-0.3, -0.25) is 9.59 Å². The summed E-state index contributed by atoms with van der Waals surface area (Å²) < 4.78 is 0. The fraction of sp³-hybridized carbons (Fsp3) is 0.462. The van der Waals surface area contributed by atoms with Gasteiger partial charge in [0.15, 0.2) is 0 Å². The summed E-state index contributed by atoms with van der Waals surface area (Å²) in [6, 6.07) is 18.7. The Bertz CT molecular complexity index is 791. The van der Waals surface area contributed by atoms with Gasteiger partial charge in [-0.2, -0.15) is 0 Å². The number of hydrogen-bond donors (Lipinski definition) is 2. The Labute approximate surface area is 190 Å². The standard InChI is InChI=1S/C26H34O4S/c27-25(28)18-19-31-24(26(29)30)20-23-17-11-10-16-22(23)15-9-4-2-1-3-6-12-21-13-7-5-8-14-21/h5,7-8,10-11,13-14,16-17,24H,1-4,6,9,12,15,18-20H2,(H,27,28)(H,29,30). The van der Waals surface area contributed by atoms with Gasteiger partial charge < -0.3 is 10.2 Å². The molecule has 0 bridgehead atoms. The smallest absolute Gasteiger partial charge is 0.316 e. The van der Waals surface area contributed by atoms with Crippen LogP contribution in [0.5, 0.6) is 0 Å². The average molecular weight is 443 g/mol. The lowest BCUT2D eigenvalue weighted by atomic mass is 9.97. The Hall–Kier alpha value is -2.27. The van der Waals surface area contributed by atoms with Crippen LogP contribution in [0.1, 0.15) is 61.6 Å². The highest BCUT2D eigenvalue weighted by atomic mass is 32.2. The molecule has 0 aliphatic carbocycles. The third-order valence-electron chi connectivity index (χ3n) is 5.44. The summed E-state index contributed by atoms with van der Waals surface area (Å²) in [5.41, 5.74) is 3.71. The van der Waals surface area contributed by atoms with E-state index in [0.29, 0.717) is 12.2 Å². The zero-order chi connectivity index (χ0) is 22.3. The summed E-state index contributed by atoms with van der Waals surface area (Å²) in [5.74, 6) is -1.45. The summed E-state index contributed by atoms with van der Waals surface area (Å²) in [6.07, 6.45) is 9.85. The predicted octanol–water partition coefficient (Wildman–Crippen LogP) is 6.02. The predicted molar refractivity (Wildman–Crippen MR) is 128 cm³/mol. The van der Waals surface area contributed by atoms with Crippen LogP contribution in [0.3, 0.4) is 0 Å². The van der Waals surface area contributed by atoms with Gasteiger partial charge in [-0.15, -0.1) is 11.8 Å². The zero-order valence-electron chi connectivity index (χ0n) is 18.2. The maximum absolute atomic E-state index is 11.6. The molecule has 168 valence electrons. The number of carbonyl (C=O) groups is 2. The van der Waals surface area contributed by atoms with Crippen molar-refractivity contribution >= 4 is 23.7 Å². The molecule has 0 saturated heterocycles. The van der Waals surface area contributed by atoms with Crippen LogP contribution >= 0.6 is 11.8 Å². The molecule has 0 aliphatic rings. The first-order valence-corrected chi connectivity index (χ1v) is 12.3. The van der Waals surface area contributed by atoms with E-state index in [1.54, 1.807) is 0 Å². The van der Waals surface area contributed by atoms with Crippen molar-refractivity contribution in [2.75, 3.05) is 5.75 Å². The van der Waals surface area contributed by atoms with E-state index in [0.717, 1.165) is 24.8 Å². The Morgan fingerprint density at radius 1 is 0.742 bits per heavy atom. The molecule has 0 spiro atoms. The van der Waals surface area contributed by atoms with E-state index < -0.39 is 17.2 Å². The molecular formula is C26H34O4S. The van der Waals surface area contributed by atoms with E-state index in [1.165, 1.54) is 55.0 Å². The summed E-state index contributed by atoms with van der Waals surface area (Å²) in [5, 5.41) is 17.7. The molecule has 4 nitrogen and oxygen atoms in total. The van der Waals surface area contributed by atoms with Crippen LogP contribution in [0.4, 0.5) is 0 Å². The van der Waals surface area contributed by atoms with E-state index in [4.69, 9.17) is 5.11 Å². The zero-order valence-corrected chi connectivity index (χ0v) is 19.0. The number of rotatable bonds is 16. The highest BCUT2D eigenvalue weighted by molar-refractivity contribution is 8.00. The van der Waals surface area contributed by atoms with Gasteiger partial charge in [0.1, 0.15) is 5.25 Å². The summed E-state index contributed by atoms with van der Waals surface area (Å²) >= 11 is 1.22. The molecule has 0 radical (unpaired) electrons. The molecule has 0 amide bonds. The highest BCUT2D eigenvalue weighted by Crippen LogP contribution is 2.22. The van der Waals surface area contributed by atoms with E-state index >= 15 is 0 Å². The van der Waals surface area contributed by atoms with Gasteiger partial charge >= 0.3 is 11.9 Å². The van der Waals surface area contributed by atoms with Gasteiger partial charge in [0.2, 0.25) is 0 Å². The van der Waals surface area contributed by atoms with E-state index in [2.05, 4.69) is 36.4 Å². The molecule has 2 rings (SSSR count). The molecule has 0 aliphatic heterocycles. The highest BCUT2D eigenvalue weighted by Gasteiger charge is 2.20. The van der Waals surface area contributed by atoms with Crippen LogP contribution in [0.25, 0.3) is 0 Å². The molecule has 0 heterocycles. The largest absolute Gasteiger partial charge is 0.481 e. The van der Waals surface area contributed by atoms with E-state index in [9.17, 15) is 14.7 Å². The van der Waals surface area contributed by atoms with Gasteiger partial charge in [-0.05, 0) is 48.8 Å². The number of thioether (sulfide) groups is 1. The fourth-order valence-electron chi connectivity index (χ4n) is 3.70. The van der Waals surface area contributed by atoms with E-state index in [1.807, 2.05) is 18.2 Å². The second-order valence-electron chi connectivity index (χ2n) is 7.92. The maximum Gasteiger partial charge on any atom is 0.316 e. The average Bonchev–Trinajstić information content (AvgIpc) is 2.76. The van der Waals surface area contributed by atoms with Crippen LogP contribution in [-0.2, 0) is 28.9 Å². The Morgan fingerprint density at radius 3 is 1.97 bits per heavy atom. The number of aryl methyl sites for hydroxylation is 2. The second kappa shape index (κ2) is 14.7. The molecule has 2 aromatic rings. The molecule has 0 saturated carbocycles. The molecule has 2 aromatic carbocycles. The van der Waals surface area contributed by atoms with Gasteiger partial charge in [-0.25, -0.2) is 0 Å². The quantitative estimate of drug-likeness (QED) is 0.311. The van der Waals surface area contributed by atoms with Crippen LogP contribution in [-0.4, -0.2) is 33.2 Å². The van der Waals surface area contributed by atoms with Crippen molar-refractivity contribution in [1.29, 1.82) is 0 Å². The van der Waals surface area contributed by atoms with Crippen molar-refractivity contribution in [3.05, 3.63) is 71.3 Å². The van der Waals surface area contributed by atoms with Crippen LogP contribution < -0.4 is 0 Å². The minimum Gasteiger partial charge on any atom is -0.481 e. The van der Waals surface area contributed by atoms with Crippen LogP contribution in [0.15, 0.2) is 54.6 Å². The van der Waals surface area contributed by atoms with Gasteiger partial charge in [-0.1, -0.05) is 80.3 Å². The molecule has 2 N–H and O–H groups in total. The van der Waals surface area contributed by atoms with Crippen molar-refractivity contribution in [3.8, 4) is 0 Å². The number of aliphatic carboxylic acids is 2. The first-order valence-electron chi connectivity index (χ1n) is 11.2. The van der Waals surface area contributed by atoms with Gasteiger partial charge in [0, 0.05) is 5.75 Å². The molecular weight excluding hydrogens is 408 g/mol. The number of carboxylic acids is 2. The lowest BCUT2D eigenvalue weighted by Gasteiger charge is -2.15. The second-order valence-corrected chi connectivity index (χ2v) is 9.23. The lowest BCUT2D eigenvalue weighted by Crippen LogP contribution is -2.21. The third-order valence-corrected chi connectivity index (χ3v) is 6.65. The first-order chi connectivity index (χ1) is 15.1. The maximum atomic E-state index is 11.6. The molecule has 5 heteroatoms. The van der Waals surface area contributed by atoms with Crippen molar-refractivity contribution < 1.29 is 19.8 Å². The normalized spacial score (nSPS) is 11.9.